The highest BCUT2D eigenvalue weighted by Gasteiger charge is 2.30. The number of nitrogens with two attached hydrogens (primary N) is 1. The molecule has 0 aliphatic rings. The Morgan fingerprint density at radius 3 is 2.47 bits per heavy atom. The van der Waals surface area contributed by atoms with Crippen LogP contribution in [0.2, 0.25) is 0 Å². The van der Waals surface area contributed by atoms with Crippen LogP contribution in [0.25, 0.3) is 0 Å². The molecule has 0 aliphatic carbocycles. The van der Waals surface area contributed by atoms with Crippen LogP contribution >= 0.6 is 0 Å². The molecule has 1 aromatic rings. The van der Waals surface area contributed by atoms with Gasteiger partial charge in [0.05, 0.1) is 6.61 Å². The van der Waals surface area contributed by atoms with Gasteiger partial charge in [0, 0.05) is 12.0 Å². The second-order valence-electron chi connectivity index (χ2n) is 5.23. The van der Waals surface area contributed by atoms with Gasteiger partial charge in [0.2, 0.25) is 0 Å². The van der Waals surface area contributed by atoms with Gasteiger partial charge in [-0.05, 0) is 30.4 Å². The van der Waals surface area contributed by atoms with E-state index in [1.165, 1.54) is 6.07 Å². The minimum atomic E-state index is -0.406. The minimum Gasteiger partial charge on any atom is -0.396 e. The molecule has 17 heavy (non-hydrogen) atoms. The Bertz CT molecular complexity index is 348. The molecule has 0 heterocycles. The molecule has 0 fully saturated rings. The SMILES string of the molecule is CC(C)CC(CN)(CO)Cc1ccccc1F. The fraction of sp³-hybridized carbons (Fsp3) is 0.571. The summed E-state index contributed by atoms with van der Waals surface area (Å²) in [6.07, 6.45) is 1.29. The predicted molar refractivity (Wildman–Crippen MR) is 68.1 cm³/mol. The van der Waals surface area contributed by atoms with Crippen LogP contribution in [0.1, 0.15) is 25.8 Å². The first-order chi connectivity index (χ1) is 8.03. The zero-order valence-electron chi connectivity index (χ0n) is 10.6. The van der Waals surface area contributed by atoms with E-state index in [2.05, 4.69) is 13.8 Å². The number of aliphatic hydroxyl groups is 1. The van der Waals surface area contributed by atoms with Crippen molar-refractivity contribution in [3.63, 3.8) is 0 Å². The molecular weight excluding hydrogens is 217 g/mol. The van der Waals surface area contributed by atoms with Gasteiger partial charge < -0.3 is 10.8 Å². The third kappa shape index (κ3) is 3.79. The normalized spacial score (nSPS) is 14.9. The van der Waals surface area contributed by atoms with Gasteiger partial charge >= 0.3 is 0 Å². The van der Waals surface area contributed by atoms with E-state index in [1.807, 2.05) is 6.07 Å². The zero-order chi connectivity index (χ0) is 12.9. The quantitative estimate of drug-likeness (QED) is 0.800. The zero-order valence-corrected chi connectivity index (χ0v) is 10.6. The van der Waals surface area contributed by atoms with Gasteiger partial charge in [-0.1, -0.05) is 32.0 Å². The molecule has 0 bridgehead atoms. The fourth-order valence-corrected chi connectivity index (χ4v) is 2.32. The first-order valence-corrected chi connectivity index (χ1v) is 6.07. The van der Waals surface area contributed by atoms with Crippen molar-refractivity contribution in [3.8, 4) is 0 Å². The first kappa shape index (κ1) is 14.1. The van der Waals surface area contributed by atoms with Crippen LogP contribution in [0, 0.1) is 17.2 Å². The Balaban J connectivity index is 2.90. The van der Waals surface area contributed by atoms with Crippen LogP contribution < -0.4 is 5.73 Å². The lowest BCUT2D eigenvalue weighted by Crippen LogP contribution is -2.38. The lowest BCUT2D eigenvalue weighted by Gasteiger charge is -2.32. The number of benzene rings is 1. The lowest BCUT2D eigenvalue weighted by molar-refractivity contribution is 0.107. The summed E-state index contributed by atoms with van der Waals surface area (Å²) >= 11 is 0. The van der Waals surface area contributed by atoms with Crippen molar-refractivity contribution < 1.29 is 9.50 Å². The summed E-state index contributed by atoms with van der Waals surface area (Å²) in [6, 6.07) is 6.69. The van der Waals surface area contributed by atoms with Crippen molar-refractivity contribution in [2.24, 2.45) is 17.1 Å². The van der Waals surface area contributed by atoms with Crippen LogP contribution in [0.3, 0.4) is 0 Å². The monoisotopic (exact) mass is 239 g/mol. The van der Waals surface area contributed by atoms with Crippen molar-refractivity contribution in [1.29, 1.82) is 0 Å². The van der Waals surface area contributed by atoms with Gasteiger partial charge in [-0.25, -0.2) is 4.39 Å². The Hall–Kier alpha value is -0.930. The molecule has 1 unspecified atom stereocenters. The standard InChI is InChI=1S/C14H22FNO/c1-11(2)7-14(9-16,10-17)8-12-5-3-4-6-13(12)15/h3-6,11,17H,7-10,16H2,1-2H3. The Morgan fingerprint density at radius 2 is 2.00 bits per heavy atom. The van der Waals surface area contributed by atoms with Gasteiger partial charge in [0.15, 0.2) is 0 Å². The van der Waals surface area contributed by atoms with Crippen LogP contribution in [0.4, 0.5) is 4.39 Å². The molecule has 0 saturated heterocycles. The minimum absolute atomic E-state index is 0.00395. The van der Waals surface area contributed by atoms with E-state index in [4.69, 9.17) is 5.73 Å². The van der Waals surface area contributed by atoms with E-state index in [1.54, 1.807) is 12.1 Å². The van der Waals surface area contributed by atoms with Crippen molar-refractivity contribution in [2.45, 2.75) is 26.7 Å². The predicted octanol–water partition coefficient (Wildman–Crippen LogP) is 2.35. The second kappa shape index (κ2) is 6.12. The first-order valence-electron chi connectivity index (χ1n) is 6.07. The van der Waals surface area contributed by atoms with Gasteiger partial charge in [-0.15, -0.1) is 0 Å². The molecule has 0 aliphatic heterocycles. The van der Waals surface area contributed by atoms with Crippen LogP contribution in [-0.4, -0.2) is 18.3 Å². The van der Waals surface area contributed by atoms with Crippen molar-refractivity contribution in [1.82, 2.24) is 0 Å². The third-order valence-electron chi connectivity index (χ3n) is 3.13. The molecule has 96 valence electrons. The highest BCUT2D eigenvalue weighted by Crippen LogP contribution is 2.30. The summed E-state index contributed by atoms with van der Waals surface area (Å²) in [5, 5.41) is 9.58. The molecule has 2 nitrogen and oxygen atoms in total. The van der Waals surface area contributed by atoms with Gasteiger partial charge in [0.25, 0.3) is 0 Å². The van der Waals surface area contributed by atoms with E-state index in [0.717, 1.165) is 6.42 Å². The number of aliphatic hydroxyl groups excluding tert-OH is 1. The van der Waals surface area contributed by atoms with E-state index in [-0.39, 0.29) is 12.4 Å². The average Bonchev–Trinajstić information content (AvgIpc) is 2.30. The third-order valence-corrected chi connectivity index (χ3v) is 3.13. The molecule has 0 radical (unpaired) electrons. The summed E-state index contributed by atoms with van der Waals surface area (Å²) in [5.74, 6) is 0.208. The molecule has 3 heteroatoms. The lowest BCUT2D eigenvalue weighted by atomic mass is 9.76. The average molecular weight is 239 g/mol. The summed E-state index contributed by atoms with van der Waals surface area (Å²) in [5.41, 5.74) is 6.01. The fourth-order valence-electron chi connectivity index (χ4n) is 2.32. The van der Waals surface area contributed by atoms with Crippen molar-refractivity contribution >= 4 is 0 Å². The summed E-state index contributed by atoms with van der Waals surface area (Å²) in [7, 11) is 0. The summed E-state index contributed by atoms with van der Waals surface area (Å²) in [4.78, 5) is 0. The molecule has 0 saturated carbocycles. The molecule has 0 spiro atoms. The second-order valence-corrected chi connectivity index (χ2v) is 5.23. The van der Waals surface area contributed by atoms with Crippen LogP contribution in [0.15, 0.2) is 24.3 Å². The molecule has 3 N–H and O–H groups in total. The number of hydrogen-bond donors (Lipinski definition) is 2. The Kier molecular flexibility index (Phi) is 5.09. The molecule has 1 rings (SSSR count). The van der Waals surface area contributed by atoms with Crippen LogP contribution in [0.5, 0.6) is 0 Å². The smallest absolute Gasteiger partial charge is 0.126 e. The maximum atomic E-state index is 13.6. The Morgan fingerprint density at radius 1 is 1.35 bits per heavy atom. The number of halogens is 1. The molecule has 0 aromatic heterocycles. The maximum absolute atomic E-state index is 13.6. The number of hydrogen-bond acceptors (Lipinski definition) is 2. The van der Waals surface area contributed by atoms with E-state index >= 15 is 0 Å². The van der Waals surface area contributed by atoms with E-state index in [9.17, 15) is 9.50 Å². The van der Waals surface area contributed by atoms with Crippen LogP contribution in [-0.2, 0) is 6.42 Å². The molecule has 1 aromatic carbocycles. The summed E-state index contributed by atoms with van der Waals surface area (Å²) in [6.45, 7) is 4.54. The van der Waals surface area contributed by atoms with E-state index < -0.39 is 5.41 Å². The Labute approximate surface area is 103 Å². The molecule has 1 atom stereocenters. The maximum Gasteiger partial charge on any atom is 0.126 e. The van der Waals surface area contributed by atoms with Gasteiger partial charge in [-0.2, -0.15) is 0 Å². The molecular formula is C14H22FNO. The van der Waals surface area contributed by atoms with E-state index in [0.29, 0.717) is 24.4 Å². The largest absolute Gasteiger partial charge is 0.396 e. The topological polar surface area (TPSA) is 46.2 Å². The highest BCUT2D eigenvalue weighted by molar-refractivity contribution is 5.19. The number of rotatable bonds is 6. The van der Waals surface area contributed by atoms with Crippen molar-refractivity contribution in [2.75, 3.05) is 13.2 Å². The highest BCUT2D eigenvalue weighted by atomic mass is 19.1. The van der Waals surface area contributed by atoms with Crippen molar-refractivity contribution in [3.05, 3.63) is 35.6 Å². The van der Waals surface area contributed by atoms with Gasteiger partial charge in [-0.3, -0.25) is 0 Å². The molecule has 0 amide bonds. The summed E-state index contributed by atoms with van der Waals surface area (Å²) < 4.78 is 13.6. The van der Waals surface area contributed by atoms with Gasteiger partial charge in [0.1, 0.15) is 5.82 Å².